The summed E-state index contributed by atoms with van der Waals surface area (Å²) in [6.07, 6.45) is 5.20. The lowest BCUT2D eigenvalue weighted by molar-refractivity contribution is -0.138. The lowest BCUT2D eigenvalue weighted by Gasteiger charge is -2.13. The molecule has 3 N–H and O–H groups in total. The van der Waals surface area contributed by atoms with E-state index in [1.165, 1.54) is 6.42 Å². The van der Waals surface area contributed by atoms with E-state index >= 15 is 0 Å². The van der Waals surface area contributed by atoms with Gasteiger partial charge in [0.05, 0.1) is 0 Å². The third-order valence-electron chi connectivity index (χ3n) is 3.75. The van der Waals surface area contributed by atoms with Crippen LogP contribution in [0.4, 0.5) is 0 Å². The number of halogens is 1. The van der Waals surface area contributed by atoms with Gasteiger partial charge in [-0.05, 0) is 49.5 Å². The molecule has 23 heavy (non-hydrogen) atoms. The summed E-state index contributed by atoms with van der Waals surface area (Å²) in [5, 5.41) is 8.47. The van der Waals surface area contributed by atoms with E-state index in [1.807, 2.05) is 0 Å². The van der Waals surface area contributed by atoms with Gasteiger partial charge in [0, 0.05) is 19.3 Å². The molecule has 0 unspecified atom stereocenters. The van der Waals surface area contributed by atoms with Crippen molar-refractivity contribution in [3.05, 3.63) is 0 Å². The van der Waals surface area contributed by atoms with E-state index in [0.717, 1.165) is 31.6 Å². The largest absolute Gasteiger partial charge is 0.481 e. The van der Waals surface area contributed by atoms with Gasteiger partial charge < -0.3 is 10.8 Å². The van der Waals surface area contributed by atoms with Crippen molar-refractivity contribution in [3.63, 3.8) is 0 Å². The van der Waals surface area contributed by atoms with Crippen LogP contribution in [0, 0.1) is 23.7 Å². The Labute approximate surface area is 160 Å². The number of carboxylic acids is 1. The van der Waals surface area contributed by atoms with Crippen LogP contribution in [0.15, 0.2) is 0 Å². The van der Waals surface area contributed by atoms with Gasteiger partial charge in [-0.3, -0.25) is 9.59 Å². The maximum atomic E-state index is 10.8. The fourth-order valence-corrected chi connectivity index (χ4v) is 2.94. The first-order chi connectivity index (χ1) is 9.74. The average Bonchev–Trinajstić information content (AvgIpc) is 2.72. The summed E-state index contributed by atoms with van der Waals surface area (Å²) in [6, 6.07) is 0. The highest BCUT2D eigenvalue weighted by molar-refractivity contribution is 14.0. The van der Waals surface area contributed by atoms with Crippen molar-refractivity contribution in [2.24, 2.45) is 29.4 Å². The highest BCUT2D eigenvalue weighted by Gasteiger charge is 2.22. The Morgan fingerprint density at radius 2 is 1.83 bits per heavy atom. The lowest BCUT2D eigenvalue weighted by Crippen LogP contribution is -2.19. The van der Waals surface area contributed by atoms with Crippen LogP contribution in [-0.2, 0) is 9.59 Å². The minimum Gasteiger partial charge on any atom is -0.481 e. The van der Waals surface area contributed by atoms with Crippen molar-refractivity contribution in [1.82, 2.24) is 0 Å². The molecule has 2 atom stereocenters. The topological polar surface area (TPSA) is 80.4 Å². The number of hydrogen-bond acceptors (Lipinski definition) is 3. The average molecular weight is 443 g/mol. The first-order valence-corrected chi connectivity index (χ1v) is 8.18. The maximum absolute atomic E-state index is 10.8. The molecule has 1 rings (SSSR count). The van der Waals surface area contributed by atoms with Crippen LogP contribution < -0.4 is 5.73 Å². The molecule has 0 aromatic rings. The molecule has 0 bridgehead atoms. The molecule has 0 heterocycles. The number of Topliss-reactive ketones (excluding diaryl/α,β-unsaturated/α-hetero) is 1. The van der Waals surface area contributed by atoms with E-state index in [2.05, 4.69) is 27.7 Å². The molecule has 1 aliphatic rings. The van der Waals surface area contributed by atoms with Gasteiger partial charge >= 0.3 is 5.97 Å². The first-order valence-electron chi connectivity index (χ1n) is 8.18. The molecule has 0 aliphatic heterocycles. The summed E-state index contributed by atoms with van der Waals surface area (Å²) in [4.78, 5) is 21.1. The van der Waals surface area contributed by atoms with Crippen molar-refractivity contribution in [2.45, 2.75) is 73.6 Å². The monoisotopic (exact) mass is 443 g/mol. The number of carbonyl (C=O) groups is 2. The first kappa shape index (κ1) is 27.7. The zero-order chi connectivity index (χ0) is 16.4. The second kappa shape index (κ2) is 15.4. The zero-order valence-corrected chi connectivity index (χ0v) is 16.8. The molecule has 0 saturated heterocycles. The normalized spacial score (nSPS) is 17.9. The summed E-state index contributed by atoms with van der Waals surface area (Å²) in [5.74, 6) is 1.88. The number of nitrogens with two attached hydrogens (primary N) is 1. The number of carbonyl (C=O) groups excluding carboxylic acids is 1. The van der Waals surface area contributed by atoms with Gasteiger partial charge in [-0.1, -0.05) is 35.1 Å². The van der Waals surface area contributed by atoms with Gasteiger partial charge in [0.1, 0.15) is 5.78 Å². The summed E-state index contributed by atoms with van der Waals surface area (Å²) in [7, 11) is 0. The third-order valence-corrected chi connectivity index (χ3v) is 3.75. The molecule has 0 aromatic heterocycles. The molecule has 1 fully saturated rings. The minimum atomic E-state index is -0.749. The Balaban J connectivity index is -0.000000321. The number of ketones is 1. The fourth-order valence-electron chi connectivity index (χ4n) is 2.94. The van der Waals surface area contributed by atoms with Crippen LogP contribution in [0.5, 0.6) is 0 Å². The Bertz CT molecular complexity index is 319. The zero-order valence-electron chi connectivity index (χ0n) is 14.5. The Morgan fingerprint density at radius 1 is 1.26 bits per heavy atom. The van der Waals surface area contributed by atoms with Crippen LogP contribution in [0.25, 0.3) is 0 Å². The summed E-state index contributed by atoms with van der Waals surface area (Å²) in [5.41, 5.74) is 5.41. The Hall–Kier alpha value is -0.170. The molecule has 5 heteroatoms. The van der Waals surface area contributed by atoms with Crippen molar-refractivity contribution in [3.8, 4) is 0 Å². The number of aliphatic carboxylic acids is 1. The van der Waals surface area contributed by atoms with Gasteiger partial charge in [-0.2, -0.15) is 0 Å². The molecule has 0 spiro atoms. The molecular weight excluding hydrogens is 405 g/mol. The number of hydrogen-bond donors (Lipinski definition) is 2. The molecular formula is C18H38INO3. The standard InChI is InChI=1S/C9H16O.C8H17NO2.CH4.HI/c1-7(2)5-8-3-4-9(10)6-8;1-6(2)3-7(5-9)4-8(10)11;;/h7-8H,3-6H2,1-2H3;6-7H,3-5,9H2,1-2H3,(H,10,11);1H4;1H/t8-;7-;;/m00../s1. The predicted octanol–water partition coefficient (Wildman–Crippen LogP) is 4.74. The molecule has 4 nitrogen and oxygen atoms in total. The van der Waals surface area contributed by atoms with Gasteiger partial charge in [-0.15, -0.1) is 24.0 Å². The van der Waals surface area contributed by atoms with Gasteiger partial charge in [-0.25, -0.2) is 0 Å². The third kappa shape index (κ3) is 16.5. The van der Waals surface area contributed by atoms with E-state index < -0.39 is 5.97 Å². The van der Waals surface area contributed by atoms with Gasteiger partial charge in [0.15, 0.2) is 0 Å². The smallest absolute Gasteiger partial charge is 0.303 e. The van der Waals surface area contributed by atoms with Crippen LogP contribution >= 0.6 is 24.0 Å². The van der Waals surface area contributed by atoms with Crippen molar-refractivity contribution < 1.29 is 14.7 Å². The minimum absolute atomic E-state index is 0. The lowest BCUT2D eigenvalue weighted by atomic mass is 9.94. The SMILES string of the molecule is C.CC(C)C[C@@H]1CCC(=O)C1.CC(C)C[C@H](CN)CC(=O)O.I. The van der Waals surface area contributed by atoms with E-state index in [9.17, 15) is 9.59 Å². The molecule has 0 aromatic carbocycles. The summed E-state index contributed by atoms with van der Waals surface area (Å²) in [6.45, 7) is 9.07. The molecule has 0 radical (unpaired) electrons. The van der Waals surface area contributed by atoms with Crippen LogP contribution in [0.1, 0.15) is 73.6 Å². The summed E-state index contributed by atoms with van der Waals surface area (Å²) < 4.78 is 0. The van der Waals surface area contributed by atoms with Crippen LogP contribution in [0.3, 0.4) is 0 Å². The van der Waals surface area contributed by atoms with Crippen molar-refractivity contribution in [2.75, 3.05) is 6.54 Å². The van der Waals surface area contributed by atoms with E-state index in [4.69, 9.17) is 10.8 Å². The second-order valence-corrected chi connectivity index (χ2v) is 7.11. The highest BCUT2D eigenvalue weighted by atomic mass is 127. The molecule has 1 saturated carbocycles. The molecule has 0 amide bonds. The van der Waals surface area contributed by atoms with Crippen LogP contribution in [-0.4, -0.2) is 23.4 Å². The van der Waals surface area contributed by atoms with Gasteiger partial charge in [0.25, 0.3) is 0 Å². The second-order valence-electron chi connectivity index (χ2n) is 7.11. The molecule has 1 aliphatic carbocycles. The van der Waals surface area contributed by atoms with Crippen LogP contribution in [0.2, 0.25) is 0 Å². The van der Waals surface area contributed by atoms with E-state index in [0.29, 0.717) is 24.2 Å². The van der Waals surface area contributed by atoms with E-state index in [1.54, 1.807) is 0 Å². The van der Waals surface area contributed by atoms with E-state index in [-0.39, 0.29) is 43.7 Å². The predicted molar refractivity (Wildman–Crippen MR) is 108 cm³/mol. The summed E-state index contributed by atoms with van der Waals surface area (Å²) >= 11 is 0. The number of carboxylic acid groups (broad SMARTS) is 1. The van der Waals surface area contributed by atoms with Crippen molar-refractivity contribution >= 4 is 35.7 Å². The van der Waals surface area contributed by atoms with Gasteiger partial charge in [0.2, 0.25) is 0 Å². The highest BCUT2D eigenvalue weighted by Crippen LogP contribution is 2.27. The quantitative estimate of drug-likeness (QED) is 0.557. The Morgan fingerprint density at radius 3 is 2.13 bits per heavy atom. The number of rotatable bonds is 7. The maximum Gasteiger partial charge on any atom is 0.303 e. The molecule has 140 valence electrons. The Kier molecular flexibility index (Phi) is 18.5. The fraction of sp³-hybridized carbons (Fsp3) is 0.889. The van der Waals surface area contributed by atoms with Crippen molar-refractivity contribution in [1.29, 1.82) is 0 Å².